The molecule has 0 heterocycles. The molecular formula is C17H24N2. The molecule has 2 atom stereocenters. The summed E-state index contributed by atoms with van der Waals surface area (Å²) in [4.78, 5) is 0. The van der Waals surface area contributed by atoms with Crippen LogP contribution in [0.15, 0.2) is 24.3 Å². The summed E-state index contributed by atoms with van der Waals surface area (Å²) < 4.78 is 0. The Labute approximate surface area is 116 Å². The zero-order valence-corrected chi connectivity index (χ0v) is 12.0. The van der Waals surface area contributed by atoms with Gasteiger partial charge in [0.25, 0.3) is 0 Å². The fourth-order valence-electron chi connectivity index (χ4n) is 3.14. The molecule has 19 heavy (non-hydrogen) atoms. The molecule has 2 heteroatoms. The predicted molar refractivity (Wildman–Crippen MR) is 78.7 cm³/mol. The first-order chi connectivity index (χ1) is 9.20. The van der Waals surface area contributed by atoms with E-state index in [1.165, 1.54) is 37.7 Å². The van der Waals surface area contributed by atoms with Gasteiger partial charge in [0, 0.05) is 12.1 Å². The molecule has 2 rings (SSSR count). The van der Waals surface area contributed by atoms with E-state index in [9.17, 15) is 0 Å². The lowest BCUT2D eigenvalue weighted by molar-refractivity contribution is 0.268. The highest BCUT2D eigenvalue weighted by Crippen LogP contribution is 2.27. The quantitative estimate of drug-likeness (QED) is 0.877. The van der Waals surface area contributed by atoms with Crippen LogP contribution in [0, 0.1) is 17.2 Å². The van der Waals surface area contributed by atoms with Crippen molar-refractivity contribution < 1.29 is 0 Å². The van der Waals surface area contributed by atoms with Gasteiger partial charge < -0.3 is 5.32 Å². The number of nitrogens with zero attached hydrogens (tertiary/aromatic N) is 1. The Hall–Kier alpha value is -1.33. The van der Waals surface area contributed by atoms with E-state index in [1.807, 2.05) is 18.2 Å². The van der Waals surface area contributed by atoms with Crippen molar-refractivity contribution >= 4 is 0 Å². The highest BCUT2D eigenvalue weighted by Gasteiger charge is 2.21. The van der Waals surface area contributed by atoms with Gasteiger partial charge in [-0.1, -0.05) is 31.4 Å². The molecule has 1 fully saturated rings. The van der Waals surface area contributed by atoms with Gasteiger partial charge in [-0.3, -0.25) is 0 Å². The highest BCUT2D eigenvalue weighted by molar-refractivity contribution is 5.34. The van der Waals surface area contributed by atoms with Crippen LogP contribution in [0.3, 0.4) is 0 Å². The second-order valence-corrected chi connectivity index (χ2v) is 5.81. The first-order valence-corrected chi connectivity index (χ1v) is 7.47. The van der Waals surface area contributed by atoms with Crippen LogP contribution in [0.5, 0.6) is 0 Å². The summed E-state index contributed by atoms with van der Waals surface area (Å²) in [5.41, 5.74) is 1.96. The standard InChI is InChI=1S/C17H24N2/c1-13(16-8-4-3-5-9-16)19-14(2)17-10-6-7-15(11-17)12-18/h6-7,10-11,13-14,16,19H,3-5,8-9H2,1-2H3/t13-,14?/m1/s1. The van der Waals surface area contributed by atoms with Crippen molar-refractivity contribution in [1.82, 2.24) is 5.32 Å². The third-order valence-electron chi connectivity index (χ3n) is 4.39. The summed E-state index contributed by atoms with van der Waals surface area (Å²) in [6.07, 6.45) is 6.89. The zero-order chi connectivity index (χ0) is 13.7. The summed E-state index contributed by atoms with van der Waals surface area (Å²) in [6, 6.07) is 11.0. The topological polar surface area (TPSA) is 35.8 Å². The molecule has 0 amide bonds. The summed E-state index contributed by atoms with van der Waals surface area (Å²) >= 11 is 0. The van der Waals surface area contributed by atoms with Gasteiger partial charge in [-0.15, -0.1) is 0 Å². The first-order valence-electron chi connectivity index (χ1n) is 7.47. The minimum absolute atomic E-state index is 0.310. The summed E-state index contributed by atoms with van der Waals surface area (Å²) in [5, 5.41) is 12.7. The van der Waals surface area contributed by atoms with E-state index in [2.05, 4.69) is 31.3 Å². The van der Waals surface area contributed by atoms with Gasteiger partial charge in [0.1, 0.15) is 0 Å². The Morgan fingerprint density at radius 3 is 2.63 bits per heavy atom. The maximum Gasteiger partial charge on any atom is 0.0991 e. The molecule has 0 aromatic heterocycles. The van der Waals surface area contributed by atoms with E-state index in [1.54, 1.807) is 0 Å². The lowest BCUT2D eigenvalue weighted by atomic mass is 9.84. The maximum absolute atomic E-state index is 8.96. The van der Waals surface area contributed by atoms with Crippen LogP contribution in [-0.4, -0.2) is 6.04 Å². The lowest BCUT2D eigenvalue weighted by Crippen LogP contribution is -2.36. The van der Waals surface area contributed by atoms with Crippen molar-refractivity contribution in [3.63, 3.8) is 0 Å². The van der Waals surface area contributed by atoms with Gasteiger partial charge in [0.15, 0.2) is 0 Å². The van der Waals surface area contributed by atoms with Crippen molar-refractivity contribution in [2.24, 2.45) is 5.92 Å². The number of nitriles is 1. The highest BCUT2D eigenvalue weighted by atomic mass is 14.9. The molecular weight excluding hydrogens is 232 g/mol. The lowest BCUT2D eigenvalue weighted by Gasteiger charge is -2.30. The van der Waals surface area contributed by atoms with Crippen LogP contribution in [0.25, 0.3) is 0 Å². The number of nitrogens with one attached hydrogen (secondary N) is 1. The van der Waals surface area contributed by atoms with Crippen LogP contribution >= 0.6 is 0 Å². The molecule has 1 aliphatic carbocycles. The Bertz CT molecular complexity index is 441. The van der Waals surface area contributed by atoms with Crippen molar-refractivity contribution in [1.29, 1.82) is 5.26 Å². The van der Waals surface area contributed by atoms with Crippen LogP contribution < -0.4 is 5.32 Å². The fraction of sp³-hybridized carbons (Fsp3) is 0.588. The van der Waals surface area contributed by atoms with Crippen molar-refractivity contribution in [2.75, 3.05) is 0 Å². The van der Waals surface area contributed by atoms with Gasteiger partial charge in [0.05, 0.1) is 11.6 Å². The van der Waals surface area contributed by atoms with Crippen LogP contribution in [0.1, 0.15) is 63.1 Å². The Balaban J connectivity index is 1.95. The molecule has 102 valence electrons. The molecule has 0 radical (unpaired) electrons. The van der Waals surface area contributed by atoms with E-state index >= 15 is 0 Å². The van der Waals surface area contributed by atoms with Crippen molar-refractivity contribution in [2.45, 2.75) is 58.0 Å². The second kappa shape index (κ2) is 6.73. The molecule has 2 nitrogen and oxygen atoms in total. The Morgan fingerprint density at radius 1 is 1.21 bits per heavy atom. The summed E-state index contributed by atoms with van der Waals surface area (Å²) in [7, 11) is 0. The first kappa shape index (κ1) is 14.1. The summed E-state index contributed by atoms with van der Waals surface area (Å²) in [5.74, 6) is 0.815. The minimum atomic E-state index is 0.310. The molecule has 0 saturated heterocycles. The number of hydrogen-bond acceptors (Lipinski definition) is 2. The van der Waals surface area contributed by atoms with Gasteiger partial charge in [-0.05, 0) is 50.3 Å². The van der Waals surface area contributed by atoms with Crippen molar-refractivity contribution in [3.05, 3.63) is 35.4 Å². The molecule has 1 aromatic rings. The Morgan fingerprint density at radius 2 is 1.95 bits per heavy atom. The fourth-order valence-corrected chi connectivity index (χ4v) is 3.14. The largest absolute Gasteiger partial charge is 0.307 e. The smallest absolute Gasteiger partial charge is 0.0991 e. The SMILES string of the molecule is CC(N[C@H](C)C1CCCCC1)c1cccc(C#N)c1. The van der Waals surface area contributed by atoms with E-state index < -0.39 is 0 Å². The molecule has 0 aliphatic heterocycles. The molecule has 0 bridgehead atoms. The molecule has 0 spiro atoms. The molecule has 1 N–H and O–H groups in total. The average Bonchev–Trinajstić information content (AvgIpc) is 2.48. The second-order valence-electron chi connectivity index (χ2n) is 5.81. The maximum atomic E-state index is 8.96. The van der Waals surface area contributed by atoms with E-state index in [4.69, 9.17) is 5.26 Å². The summed E-state index contributed by atoms with van der Waals surface area (Å²) in [6.45, 7) is 4.50. The molecule has 1 aromatic carbocycles. The normalized spacial score (nSPS) is 19.6. The van der Waals surface area contributed by atoms with Gasteiger partial charge in [-0.2, -0.15) is 5.26 Å². The third-order valence-corrected chi connectivity index (χ3v) is 4.39. The number of hydrogen-bond donors (Lipinski definition) is 1. The van der Waals surface area contributed by atoms with E-state index in [-0.39, 0.29) is 0 Å². The monoisotopic (exact) mass is 256 g/mol. The molecule has 1 saturated carbocycles. The van der Waals surface area contributed by atoms with Gasteiger partial charge in [-0.25, -0.2) is 0 Å². The van der Waals surface area contributed by atoms with Gasteiger partial charge in [0.2, 0.25) is 0 Å². The van der Waals surface area contributed by atoms with E-state index in [0.29, 0.717) is 12.1 Å². The van der Waals surface area contributed by atoms with Gasteiger partial charge >= 0.3 is 0 Å². The molecule has 1 unspecified atom stereocenters. The predicted octanol–water partition coefficient (Wildman–Crippen LogP) is 4.18. The Kier molecular flexibility index (Phi) is 4.99. The molecule has 1 aliphatic rings. The number of rotatable bonds is 4. The van der Waals surface area contributed by atoms with Crippen LogP contribution in [0.2, 0.25) is 0 Å². The number of benzene rings is 1. The third kappa shape index (κ3) is 3.81. The van der Waals surface area contributed by atoms with Crippen LogP contribution in [0.4, 0.5) is 0 Å². The zero-order valence-electron chi connectivity index (χ0n) is 12.0. The van der Waals surface area contributed by atoms with Crippen LogP contribution in [-0.2, 0) is 0 Å². The average molecular weight is 256 g/mol. The van der Waals surface area contributed by atoms with Crippen molar-refractivity contribution in [3.8, 4) is 6.07 Å². The van der Waals surface area contributed by atoms with E-state index in [0.717, 1.165) is 11.5 Å². The minimum Gasteiger partial charge on any atom is -0.307 e.